The molecular weight excluding hydrogens is 168 g/mol. The quantitative estimate of drug-likeness (QED) is 0.522. The van der Waals surface area contributed by atoms with Gasteiger partial charge in [0.1, 0.15) is 5.69 Å². The van der Waals surface area contributed by atoms with E-state index in [1.807, 2.05) is 0 Å². The first-order valence-electron chi connectivity index (χ1n) is 3.54. The molecule has 0 aliphatic carbocycles. The van der Waals surface area contributed by atoms with Crippen molar-refractivity contribution in [3.8, 4) is 12.3 Å². The minimum atomic E-state index is -0.349. The zero-order valence-electron chi connectivity index (χ0n) is 7.07. The molecule has 1 aromatic heterocycles. The van der Waals surface area contributed by atoms with Gasteiger partial charge in [-0.05, 0) is 12.1 Å². The van der Waals surface area contributed by atoms with Crippen molar-refractivity contribution >= 4 is 5.91 Å². The van der Waals surface area contributed by atoms with E-state index in [1.54, 1.807) is 12.1 Å². The van der Waals surface area contributed by atoms with Crippen LogP contribution in [-0.2, 0) is 4.84 Å². The Morgan fingerprint density at radius 2 is 2.46 bits per heavy atom. The highest BCUT2D eigenvalue weighted by Gasteiger charge is 2.03. The van der Waals surface area contributed by atoms with Crippen molar-refractivity contribution in [1.82, 2.24) is 10.5 Å². The van der Waals surface area contributed by atoms with Crippen molar-refractivity contribution in [3.05, 3.63) is 29.6 Å². The SMILES string of the molecule is C#Cc1ccc(C(=O)NOC)cn1. The fourth-order valence-corrected chi connectivity index (χ4v) is 0.765. The summed E-state index contributed by atoms with van der Waals surface area (Å²) in [4.78, 5) is 19.4. The number of hydrogen-bond acceptors (Lipinski definition) is 3. The lowest BCUT2D eigenvalue weighted by Gasteiger charge is -2.00. The minimum Gasteiger partial charge on any atom is -0.277 e. The van der Waals surface area contributed by atoms with Gasteiger partial charge in [0.2, 0.25) is 0 Å². The standard InChI is InChI=1S/C9H8N2O2/c1-3-8-5-4-7(6-10-8)9(12)11-13-2/h1,4-6H,2H3,(H,11,12). The van der Waals surface area contributed by atoms with E-state index in [2.05, 4.69) is 21.2 Å². The summed E-state index contributed by atoms with van der Waals surface area (Å²) in [5, 5.41) is 0. The van der Waals surface area contributed by atoms with Crippen molar-refractivity contribution in [3.63, 3.8) is 0 Å². The minimum absolute atomic E-state index is 0.349. The lowest BCUT2D eigenvalue weighted by molar-refractivity contribution is 0.0537. The van der Waals surface area contributed by atoms with E-state index in [0.717, 1.165) is 0 Å². The number of carbonyl (C=O) groups excluding carboxylic acids is 1. The van der Waals surface area contributed by atoms with E-state index in [1.165, 1.54) is 13.3 Å². The number of nitrogens with one attached hydrogen (secondary N) is 1. The van der Waals surface area contributed by atoms with Crippen LogP contribution in [0.15, 0.2) is 18.3 Å². The fraction of sp³-hybridized carbons (Fsp3) is 0.111. The molecule has 1 amide bonds. The van der Waals surface area contributed by atoms with Gasteiger partial charge in [-0.3, -0.25) is 9.63 Å². The van der Waals surface area contributed by atoms with Crippen LogP contribution in [0.3, 0.4) is 0 Å². The van der Waals surface area contributed by atoms with Crippen molar-refractivity contribution < 1.29 is 9.63 Å². The summed E-state index contributed by atoms with van der Waals surface area (Å²) < 4.78 is 0. The maximum Gasteiger partial charge on any atom is 0.276 e. The number of aromatic nitrogens is 1. The number of hydrogen-bond donors (Lipinski definition) is 1. The molecule has 0 radical (unpaired) electrons. The lowest BCUT2D eigenvalue weighted by Crippen LogP contribution is -2.21. The third-order valence-electron chi connectivity index (χ3n) is 1.37. The molecule has 66 valence electrons. The predicted molar refractivity (Wildman–Crippen MR) is 46.6 cm³/mol. The van der Waals surface area contributed by atoms with E-state index in [0.29, 0.717) is 11.3 Å². The maximum absolute atomic E-state index is 11.1. The van der Waals surface area contributed by atoms with E-state index in [9.17, 15) is 4.79 Å². The predicted octanol–water partition coefficient (Wildman–Crippen LogP) is 0.354. The molecule has 0 aliphatic heterocycles. The van der Waals surface area contributed by atoms with E-state index in [4.69, 9.17) is 6.42 Å². The normalized spacial score (nSPS) is 8.92. The summed E-state index contributed by atoms with van der Waals surface area (Å²) in [6.45, 7) is 0. The first-order chi connectivity index (χ1) is 6.27. The monoisotopic (exact) mass is 176 g/mol. The molecule has 4 heteroatoms. The molecule has 1 aromatic rings. The van der Waals surface area contributed by atoms with E-state index < -0.39 is 0 Å². The second-order valence-corrected chi connectivity index (χ2v) is 2.21. The number of nitrogens with zero attached hydrogens (tertiary/aromatic N) is 1. The van der Waals surface area contributed by atoms with Gasteiger partial charge in [0.05, 0.1) is 12.7 Å². The summed E-state index contributed by atoms with van der Waals surface area (Å²) >= 11 is 0. The van der Waals surface area contributed by atoms with Gasteiger partial charge in [0.15, 0.2) is 0 Å². The highest BCUT2D eigenvalue weighted by atomic mass is 16.6. The smallest absolute Gasteiger partial charge is 0.276 e. The van der Waals surface area contributed by atoms with Gasteiger partial charge in [-0.1, -0.05) is 5.92 Å². The summed E-state index contributed by atoms with van der Waals surface area (Å²) in [5.74, 6) is 2.00. The summed E-state index contributed by atoms with van der Waals surface area (Å²) in [6.07, 6.45) is 6.49. The Morgan fingerprint density at radius 1 is 1.69 bits per heavy atom. The van der Waals surface area contributed by atoms with Gasteiger partial charge < -0.3 is 0 Å². The van der Waals surface area contributed by atoms with Crippen molar-refractivity contribution in [1.29, 1.82) is 0 Å². The molecule has 0 saturated carbocycles. The Hall–Kier alpha value is -1.86. The van der Waals surface area contributed by atoms with Crippen LogP contribution in [0.4, 0.5) is 0 Å². The Kier molecular flexibility index (Phi) is 3.01. The first-order valence-corrected chi connectivity index (χ1v) is 3.54. The molecule has 13 heavy (non-hydrogen) atoms. The molecule has 0 spiro atoms. The second-order valence-electron chi connectivity index (χ2n) is 2.21. The van der Waals surface area contributed by atoms with Crippen LogP contribution in [0.1, 0.15) is 16.1 Å². The van der Waals surface area contributed by atoms with Gasteiger partial charge in [-0.25, -0.2) is 10.5 Å². The van der Waals surface area contributed by atoms with Gasteiger partial charge in [-0.2, -0.15) is 0 Å². The van der Waals surface area contributed by atoms with Gasteiger partial charge in [0.25, 0.3) is 5.91 Å². The third-order valence-corrected chi connectivity index (χ3v) is 1.37. The van der Waals surface area contributed by atoms with Crippen molar-refractivity contribution in [2.45, 2.75) is 0 Å². The number of terminal acetylenes is 1. The molecule has 0 bridgehead atoms. The number of hydroxylamine groups is 1. The summed E-state index contributed by atoms with van der Waals surface area (Å²) in [5.41, 5.74) is 3.07. The van der Waals surface area contributed by atoms with E-state index >= 15 is 0 Å². The molecule has 1 heterocycles. The molecule has 0 unspecified atom stereocenters. The molecule has 0 aliphatic rings. The largest absolute Gasteiger partial charge is 0.277 e. The molecule has 1 rings (SSSR count). The van der Waals surface area contributed by atoms with Gasteiger partial charge in [-0.15, -0.1) is 6.42 Å². The molecule has 0 saturated heterocycles. The Balaban J connectivity index is 2.81. The summed E-state index contributed by atoms with van der Waals surface area (Å²) in [7, 11) is 1.36. The summed E-state index contributed by atoms with van der Waals surface area (Å²) in [6, 6.07) is 3.17. The van der Waals surface area contributed by atoms with Gasteiger partial charge >= 0.3 is 0 Å². The molecule has 0 fully saturated rings. The third kappa shape index (κ3) is 2.29. The number of pyridine rings is 1. The highest BCUT2D eigenvalue weighted by Crippen LogP contribution is 1.98. The maximum atomic E-state index is 11.1. The average Bonchev–Trinajstić information content (AvgIpc) is 2.18. The van der Waals surface area contributed by atoms with Gasteiger partial charge in [0, 0.05) is 6.20 Å². The molecule has 1 N–H and O–H groups in total. The number of amides is 1. The number of carbonyl (C=O) groups is 1. The van der Waals surface area contributed by atoms with Crippen LogP contribution < -0.4 is 5.48 Å². The van der Waals surface area contributed by atoms with Crippen LogP contribution in [-0.4, -0.2) is 18.0 Å². The Labute approximate surface area is 75.9 Å². The first kappa shape index (κ1) is 9.23. The molecule has 0 atom stereocenters. The topological polar surface area (TPSA) is 51.2 Å². The zero-order chi connectivity index (χ0) is 9.68. The van der Waals surface area contributed by atoms with Crippen LogP contribution in [0, 0.1) is 12.3 Å². The second kappa shape index (κ2) is 4.24. The van der Waals surface area contributed by atoms with Crippen LogP contribution in [0.25, 0.3) is 0 Å². The van der Waals surface area contributed by atoms with Crippen molar-refractivity contribution in [2.24, 2.45) is 0 Å². The Bertz CT molecular complexity index is 338. The van der Waals surface area contributed by atoms with Crippen LogP contribution >= 0.6 is 0 Å². The highest BCUT2D eigenvalue weighted by molar-refractivity contribution is 5.93. The molecule has 4 nitrogen and oxygen atoms in total. The molecular formula is C9H8N2O2. The van der Waals surface area contributed by atoms with Crippen molar-refractivity contribution in [2.75, 3.05) is 7.11 Å². The van der Waals surface area contributed by atoms with E-state index in [-0.39, 0.29) is 5.91 Å². The Morgan fingerprint density at radius 3 is 2.92 bits per heavy atom. The van der Waals surface area contributed by atoms with Crippen LogP contribution in [0.5, 0.6) is 0 Å². The lowest BCUT2D eigenvalue weighted by atomic mass is 10.2. The van der Waals surface area contributed by atoms with Crippen LogP contribution in [0.2, 0.25) is 0 Å². The molecule has 0 aromatic carbocycles. The number of rotatable bonds is 2. The zero-order valence-corrected chi connectivity index (χ0v) is 7.07. The fourth-order valence-electron chi connectivity index (χ4n) is 0.765. The average molecular weight is 176 g/mol.